The van der Waals surface area contributed by atoms with Crippen LogP contribution in [0.2, 0.25) is 0 Å². The van der Waals surface area contributed by atoms with Gasteiger partial charge in [0.25, 0.3) is 5.78 Å². The number of allylic oxidation sites excluding steroid dienone is 5. The fraction of sp³-hybridized carbons (Fsp3) is 0.548. The third-order valence-corrected chi connectivity index (χ3v) is 9.92. The number of carboxylic acid groups (broad SMARTS) is 1. The summed E-state index contributed by atoms with van der Waals surface area (Å²) in [6, 6.07) is 0. The molecule has 5 unspecified atom stereocenters. The Morgan fingerprint density at radius 3 is 2.42 bits per heavy atom. The Hall–Kier alpha value is -2.91. The van der Waals surface area contributed by atoms with Crippen molar-refractivity contribution in [2.24, 2.45) is 29.6 Å². The molecule has 1 spiro atoms. The highest BCUT2D eigenvalue weighted by Gasteiger charge is 2.58. The first kappa shape index (κ1) is 28.6. The highest BCUT2D eigenvalue weighted by molar-refractivity contribution is 8.01. The van der Waals surface area contributed by atoms with E-state index < -0.39 is 75.4 Å². The van der Waals surface area contributed by atoms with Gasteiger partial charge in [0.15, 0.2) is 17.1 Å². The van der Waals surface area contributed by atoms with E-state index in [4.69, 9.17) is 4.74 Å². The molecule has 0 amide bonds. The van der Waals surface area contributed by atoms with E-state index in [0.29, 0.717) is 25.7 Å². The predicted molar refractivity (Wildman–Crippen MR) is 151 cm³/mol. The normalized spacial score (nSPS) is 41.7. The van der Waals surface area contributed by atoms with Crippen LogP contribution < -0.4 is 0 Å². The number of aliphatic hydroxyl groups is 2. The maximum Gasteiger partial charge on any atom is 0.373 e. The quantitative estimate of drug-likeness (QED) is 0.189. The summed E-state index contributed by atoms with van der Waals surface area (Å²) in [7, 11) is 0. The van der Waals surface area contributed by atoms with Gasteiger partial charge in [-0.15, -0.1) is 11.8 Å². The van der Waals surface area contributed by atoms with E-state index in [0.717, 1.165) is 17.3 Å². The first-order valence-corrected chi connectivity index (χ1v) is 14.8. The number of ketones is 2. The van der Waals surface area contributed by atoms with Crippen molar-refractivity contribution in [3.63, 3.8) is 0 Å². The van der Waals surface area contributed by atoms with Gasteiger partial charge in [0.05, 0.1) is 11.4 Å². The number of carboxylic acids is 1. The Morgan fingerprint density at radius 1 is 1.07 bits per heavy atom. The minimum absolute atomic E-state index is 0.0493. The van der Waals surface area contributed by atoms with Crippen molar-refractivity contribution >= 4 is 35.3 Å². The molecule has 40 heavy (non-hydrogen) atoms. The number of rotatable bonds is 2. The first-order chi connectivity index (χ1) is 19.3. The number of Topliss-reactive ketones (excluding diaryl/α,β-unsaturated/α-hetero) is 2. The molecule has 2 aliphatic carbocycles. The third-order valence-electron chi connectivity index (χ3n) is 8.58. The summed E-state index contributed by atoms with van der Waals surface area (Å²) in [5.74, 6) is -9.51. The van der Waals surface area contributed by atoms with Crippen molar-refractivity contribution in [2.45, 2.75) is 69.8 Å². The Labute approximate surface area is 240 Å². The zero-order valence-corrected chi connectivity index (χ0v) is 23.9. The molecule has 4 aliphatic rings. The van der Waals surface area contributed by atoms with Crippen LogP contribution in [0.4, 0.5) is 0 Å². The van der Waals surface area contributed by atoms with Crippen molar-refractivity contribution in [3.05, 3.63) is 59.4 Å². The van der Waals surface area contributed by atoms with E-state index in [9.17, 15) is 35.9 Å². The van der Waals surface area contributed by atoms with E-state index in [1.807, 2.05) is 44.2 Å². The summed E-state index contributed by atoms with van der Waals surface area (Å²) in [5, 5.41) is 30.3. The number of hydrogen-bond acceptors (Lipinski definition) is 8. The summed E-state index contributed by atoms with van der Waals surface area (Å²) < 4.78 is 15.2. The van der Waals surface area contributed by atoms with Crippen LogP contribution in [0.3, 0.4) is 0 Å². The molecule has 1 saturated heterocycles. The molecule has 0 aromatic heterocycles. The summed E-state index contributed by atoms with van der Waals surface area (Å²) >= 11 is 0.921. The van der Waals surface area contributed by atoms with Crippen LogP contribution in [0, 0.1) is 29.6 Å². The molecular formula is C31H38O8S. The number of aliphatic carboxylic acids is 1. The summed E-state index contributed by atoms with van der Waals surface area (Å²) in [5.41, 5.74) is -0.988. The van der Waals surface area contributed by atoms with Crippen LogP contribution in [0.25, 0.3) is 0 Å². The number of thioether (sulfide) groups is 1. The van der Waals surface area contributed by atoms with Crippen molar-refractivity contribution < 1.29 is 40.6 Å². The smallest absolute Gasteiger partial charge is 0.373 e. The van der Waals surface area contributed by atoms with Crippen LogP contribution in [0.1, 0.15) is 54.2 Å². The fourth-order valence-corrected chi connectivity index (χ4v) is 7.75. The standard InChI is InChI=1S/C31H38O8S/c1-17-10-8-9-13-21(32)12-7-5-4-6-11-20-14-18(2)19(3)15-31(20)28(35)24(30(38)39-31)25(33)22-16-40-27(23(17)22)26(34)29(36)37/h4-9,14,17,19-23,27,32,35H,10-13,15-16H2,1-3H3,(H,36,37)/b6-4+,7-5+,9-8+/t17?,19?,20?,21?,22-,23-,27+,31?/m1/s1/i22D. The average Bonchev–Trinajstić information content (AvgIpc) is 3.39. The molecule has 0 saturated carbocycles. The van der Waals surface area contributed by atoms with Gasteiger partial charge in [0.2, 0.25) is 0 Å². The van der Waals surface area contributed by atoms with E-state index >= 15 is 0 Å². The highest BCUT2D eigenvalue weighted by atomic mass is 32.2. The van der Waals surface area contributed by atoms with Crippen molar-refractivity contribution in [2.75, 3.05) is 5.75 Å². The fourth-order valence-electron chi connectivity index (χ4n) is 6.17. The predicted octanol–water partition coefficient (Wildman–Crippen LogP) is 4.51. The molecule has 2 bridgehead atoms. The number of esters is 1. The molecule has 2 aliphatic heterocycles. The minimum atomic E-state index is -2.05. The second-order valence-electron chi connectivity index (χ2n) is 11.3. The lowest BCUT2D eigenvalue weighted by Crippen LogP contribution is -2.44. The number of carbonyl (C=O) groups is 4. The van der Waals surface area contributed by atoms with E-state index in [-0.39, 0.29) is 18.1 Å². The van der Waals surface area contributed by atoms with Crippen LogP contribution in [0.15, 0.2) is 59.4 Å². The van der Waals surface area contributed by atoms with Crippen LogP contribution >= 0.6 is 11.8 Å². The Balaban J connectivity index is 1.83. The molecule has 0 aromatic rings. The topological polar surface area (TPSA) is 138 Å². The van der Waals surface area contributed by atoms with Crippen molar-refractivity contribution in [3.8, 4) is 0 Å². The molecule has 8 nitrogen and oxygen atoms in total. The van der Waals surface area contributed by atoms with Gasteiger partial charge in [0.1, 0.15) is 5.57 Å². The average molecular weight is 572 g/mol. The van der Waals surface area contributed by atoms with E-state index in [2.05, 4.69) is 0 Å². The lowest BCUT2D eigenvalue weighted by molar-refractivity contribution is -0.154. The van der Waals surface area contributed by atoms with E-state index in [1.54, 1.807) is 19.1 Å². The molecule has 216 valence electrons. The summed E-state index contributed by atoms with van der Waals surface area (Å²) in [6.45, 7) is 5.65. The molecule has 9 heteroatoms. The largest absolute Gasteiger partial charge is 0.507 e. The highest BCUT2D eigenvalue weighted by Crippen LogP contribution is 2.51. The second kappa shape index (κ2) is 12.3. The molecule has 3 N–H and O–H groups in total. The number of aliphatic hydroxyl groups excluding tert-OH is 2. The van der Waals surface area contributed by atoms with Gasteiger partial charge in [-0.25, -0.2) is 9.59 Å². The van der Waals surface area contributed by atoms with Gasteiger partial charge in [-0.05, 0) is 50.4 Å². The monoisotopic (exact) mass is 571 g/mol. The Morgan fingerprint density at radius 2 is 1.73 bits per heavy atom. The Kier molecular flexibility index (Phi) is 8.80. The Bertz CT molecular complexity index is 1260. The van der Waals surface area contributed by atoms with Crippen molar-refractivity contribution in [1.82, 2.24) is 0 Å². The molecular weight excluding hydrogens is 532 g/mol. The number of hydrogen-bond donors (Lipinski definition) is 3. The lowest BCUT2D eigenvalue weighted by atomic mass is 9.69. The number of carbonyl (C=O) groups excluding carboxylic acids is 3. The molecule has 0 aromatic carbocycles. The lowest BCUT2D eigenvalue weighted by Gasteiger charge is -2.40. The molecule has 1 fully saturated rings. The van der Waals surface area contributed by atoms with Gasteiger partial charge < -0.3 is 20.1 Å². The maximum atomic E-state index is 14.1. The SMILES string of the molecule is [2H][C@@]12CS[C@H](C(=O)C(=O)O)[C@@H]1C(C)C/C=C/CC(O)C/C=C/C=C/CC1C=C(C)C(C)CC13OC(=O)C(=C3O)C2=O. The van der Waals surface area contributed by atoms with Gasteiger partial charge in [-0.3, -0.25) is 9.59 Å². The number of fused-ring (bicyclic) bond motifs is 1. The van der Waals surface area contributed by atoms with Gasteiger partial charge in [-0.1, -0.05) is 62.0 Å². The van der Waals surface area contributed by atoms with Crippen LogP contribution in [0.5, 0.6) is 0 Å². The minimum Gasteiger partial charge on any atom is -0.507 e. The zero-order valence-electron chi connectivity index (χ0n) is 24.0. The van der Waals surface area contributed by atoms with E-state index in [1.165, 1.54) is 0 Å². The third kappa shape index (κ3) is 5.77. The summed E-state index contributed by atoms with van der Waals surface area (Å²) in [6.07, 6.45) is 14.1. The van der Waals surface area contributed by atoms with Crippen molar-refractivity contribution in [1.29, 1.82) is 0 Å². The second-order valence-corrected chi connectivity index (χ2v) is 12.4. The summed E-state index contributed by atoms with van der Waals surface area (Å²) in [4.78, 5) is 51.9. The van der Waals surface area contributed by atoms with Crippen LogP contribution in [-0.2, 0) is 23.9 Å². The zero-order chi connectivity index (χ0) is 30.1. The number of ether oxygens (including phenoxy) is 1. The molecule has 4 rings (SSSR count). The van der Waals surface area contributed by atoms with Crippen LogP contribution in [-0.4, -0.2) is 61.5 Å². The molecule has 8 atom stereocenters. The van der Waals surface area contributed by atoms with Gasteiger partial charge in [0, 0.05) is 25.4 Å². The molecule has 0 radical (unpaired) electrons. The molecule has 2 heterocycles. The first-order valence-electron chi connectivity index (χ1n) is 14.3. The maximum absolute atomic E-state index is 14.1. The van der Waals surface area contributed by atoms with Gasteiger partial charge in [-0.2, -0.15) is 0 Å². The van der Waals surface area contributed by atoms with Gasteiger partial charge >= 0.3 is 11.9 Å².